The van der Waals surface area contributed by atoms with Gasteiger partial charge < -0.3 is 9.90 Å². The van der Waals surface area contributed by atoms with Crippen molar-refractivity contribution in [1.29, 1.82) is 0 Å². The first-order chi connectivity index (χ1) is 6.51. The van der Waals surface area contributed by atoms with Gasteiger partial charge in [-0.3, -0.25) is 0 Å². The molecule has 0 amide bonds. The van der Waals surface area contributed by atoms with Crippen LogP contribution < -0.4 is 5.11 Å². The van der Waals surface area contributed by atoms with E-state index in [1.807, 2.05) is 13.8 Å². The molecule has 2 atom stereocenters. The largest absolute Gasteiger partial charge is 0.550 e. The van der Waals surface area contributed by atoms with Crippen molar-refractivity contribution in [3.05, 3.63) is 0 Å². The van der Waals surface area contributed by atoms with Crippen LogP contribution in [0.3, 0.4) is 0 Å². The van der Waals surface area contributed by atoms with Crippen molar-refractivity contribution in [1.82, 2.24) is 0 Å². The van der Waals surface area contributed by atoms with Crippen molar-refractivity contribution >= 4 is 5.97 Å². The third-order valence-electron chi connectivity index (χ3n) is 3.67. The molecule has 0 N–H and O–H groups in total. The molecular formula is C12H21O2-. The number of rotatable bonds is 6. The molecule has 0 radical (unpaired) electrons. The van der Waals surface area contributed by atoms with E-state index >= 15 is 0 Å². The topological polar surface area (TPSA) is 40.1 Å². The first kappa shape index (κ1) is 11.5. The lowest BCUT2D eigenvalue weighted by molar-refractivity contribution is -0.309. The lowest BCUT2D eigenvalue weighted by Gasteiger charge is -2.02. The summed E-state index contributed by atoms with van der Waals surface area (Å²) in [5, 5.41) is 10.8. The van der Waals surface area contributed by atoms with Gasteiger partial charge in [0.05, 0.1) is 0 Å². The second-order valence-corrected chi connectivity index (χ2v) is 5.07. The van der Waals surface area contributed by atoms with Crippen molar-refractivity contribution in [3.8, 4) is 0 Å². The number of unbranched alkanes of at least 4 members (excludes halogenated alkanes) is 3. The smallest absolute Gasteiger partial charge is 0.0453 e. The summed E-state index contributed by atoms with van der Waals surface area (Å²) in [5.41, 5.74) is -0.00888. The molecule has 0 spiro atoms. The van der Waals surface area contributed by atoms with Crippen LogP contribution >= 0.6 is 0 Å². The Balaban J connectivity index is 2.24. The van der Waals surface area contributed by atoms with Gasteiger partial charge >= 0.3 is 0 Å². The molecule has 2 unspecified atom stereocenters. The number of carbonyl (C=O) groups excluding carboxylic acids is 1. The van der Waals surface area contributed by atoms with Crippen molar-refractivity contribution < 1.29 is 9.90 Å². The van der Waals surface area contributed by atoms with Crippen LogP contribution in [0.1, 0.15) is 52.9 Å². The third kappa shape index (κ3) is 2.28. The van der Waals surface area contributed by atoms with Gasteiger partial charge in [0, 0.05) is 11.9 Å². The Morgan fingerprint density at radius 2 is 1.93 bits per heavy atom. The SMILES string of the molecule is CCCCCCC1C(C(=O)[O-])C1(C)C. The summed E-state index contributed by atoms with van der Waals surface area (Å²) >= 11 is 0. The minimum atomic E-state index is -0.851. The summed E-state index contributed by atoms with van der Waals surface area (Å²) in [6.07, 6.45) is 5.97. The molecule has 0 aromatic heterocycles. The molecule has 2 nitrogen and oxygen atoms in total. The fourth-order valence-corrected chi connectivity index (χ4v) is 2.54. The van der Waals surface area contributed by atoms with E-state index in [-0.39, 0.29) is 11.3 Å². The van der Waals surface area contributed by atoms with Gasteiger partial charge in [-0.2, -0.15) is 0 Å². The number of hydrogen-bond acceptors (Lipinski definition) is 2. The van der Waals surface area contributed by atoms with Crippen LogP contribution in [0.4, 0.5) is 0 Å². The van der Waals surface area contributed by atoms with Crippen molar-refractivity contribution in [3.63, 3.8) is 0 Å². The van der Waals surface area contributed by atoms with Gasteiger partial charge in [-0.25, -0.2) is 0 Å². The Kier molecular flexibility index (Phi) is 3.57. The first-order valence-corrected chi connectivity index (χ1v) is 5.72. The maximum absolute atomic E-state index is 10.8. The fourth-order valence-electron chi connectivity index (χ4n) is 2.54. The summed E-state index contributed by atoms with van der Waals surface area (Å²) < 4.78 is 0. The highest BCUT2D eigenvalue weighted by Gasteiger charge is 2.57. The predicted octanol–water partition coefficient (Wildman–Crippen LogP) is 1.98. The second kappa shape index (κ2) is 4.33. The average Bonchev–Trinajstić information content (AvgIpc) is 2.62. The van der Waals surface area contributed by atoms with E-state index in [9.17, 15) is 9.90 Å². The monoisotopic (exact) mass is 197 g/mol. The molecule has 1 aliphatic carbocycles. The highest BCUT2D eigenvalue weighted by atomic mass is 16.4. The predicted molar refractivity (Wildman–Crippen MR) is 54.5 cm³/mol. The normalized spacial score (nSPS) is 28.8. The van der Waals surface area contributed by atoms with Crippen LogP contribution in [0.15, 0.2) is 0 Å². The molecule has 0 aromatic rings. The summed E-state index contributed by atoms with van der Waals surface area (Å²) in [4.78, 5) is 10.8. The Bertz CT molecular complexity index is 208. The van der Waals surface area contributed by atoms with Gasteiger partial charge in [-0.1, -0.05) is 46.5 Å². The van der Waals surface area contributed by atoms with Crippen molar-refractivity contribution in [2.24, 2.45) is 17.3 Å². The van der Waals surface area contributed by atoms with Crippen molar-refractivity contribution in [2.75, 3.05) is 0 Å². The van der Waals surface area contributed by atoms with Crippen LogP contribution in [-0.4, -0.2) is 5.97 Å². The van der Waals surface area contributed by atoms with Gasteiger partial charge in [0.25, 0.3) is 0 Å². The van der Waals surface area contributed by atoms with Crippen LogP contribution in [0.2, 0.25) is 0 Å². The molecule has 0 aliphatic heterocycles. The van der Waals surface area contributed by atoms with Gasteiger partial charge in [-0.15, -0.1) is 0 Å². The maximum Gasteiger partial charge on any atom is 0.0453 e. The molecule has 82 valence electrons. The Hall–Kier alpha value is -0.530. The van der Waals surface area contributed by atoms with E-state index in [1.165, 1.54) is 25.7 Å². The summed E-state index contributed by atoms with van der Waals surface area (Å²) in [5.74, 6) is -0.677. The van der Waals surface area contributed by atoms with E-state index in [0.29, 0.717) is 5.92 Å². The lowest BCUT2D eigenvalue weighted by atomic mass is 10.0. The Morgan fingerprint density at radius 1 is 1.29 bits per heavy atom. The fraction of sp³-hybridized carbons (Fsp3) is 0.917. The number of hydrogen-bond donors (Lipinski definition) is 0. The lowest BCUT2D eigenvalue weighted by Crippen LogP contribution is -2.26. The van der Waals surface area contributed by atoms with Gasteiger partial charge in [0.2, 0.25) is 0 Å². The molecule has 14 heavy (non-hydrogen) atoms. The van der Waals surface area contributed by atoms with E-state index in [1.54, 1.807) is 0 Å². The minimum Gasteiger partial charge on any atom is -0.550 e. The van der Waals surface area contributed by atoms with E-state index < -0.39 is 5.97 Å². The minimum absolute atomic E-state index is 0.00888. The highest BCUT2D eigenvalue weighted by molar-refractivity contribution is 5.73. The molecule has 0 heterocycles. The molecule has 1 rings (SSSR count). The number of carboxylic acids is 1. The van der Waals surface area contributed by atoms with Gasteiger partial charge in [0.15, 0.2) is 0 Å². The van der Waals surface area contributed by atoms with E-state index in [4.69, 9.17) is 0 Å². The zero-order valence-corrected chi connectivity index (χ0v) is 9.51. The average molecular weight is 197 g/mol. The molecule has 1 fully saturated rings. The van der Waals surface area contributed by atoms with E-state index in [2.05, 4.69) is 6.92 Å². The zero-order chi connectivity index (χ0) is 10.8. The number of carboxylic acid groups (broad SMARTS) is 1. The van der Waals surface area contributed by atoms with Gasteiger partial charge in [0.1, 0.15) is 0 Å². The standard InChI is InChI=1S/C12H22O2/c1-4-5-6-7-8-9-10(11(13)14)12(9,2)3/h9-10H,4-8H2,1-3H3,(H,13,14)/p-1. The third-order valence-corrected chi connectivity index (χ3v) is 3.67. The molecule has 0 saturated heterocycles. The maximum atomic E-state index is 10.8. The van der Waals surface area contributed by atoms with Crippen LogP contribution in [0.5, 0.6) is 0 Å². The van der Waals surface area contributed by atoms with E-state index in [0.717, 1.165) is 6.42 Å². The Morgan fingerprint density at radius 3 is 2.36 bits per heavy atom. The Labute approximate surface area is 86.7 Å². The molecule has 1 saturated carbocycles. The van der Waals surface area contributed by atoms with Crippen molar-refractivity contribution in [2.45, 2.75) is 52.9 Å². The molecule has 0 aromatic carbocycles. The quantitative estimate of drug-likeness (QED) is 0.611. The van der Waals surface area contributed by atoms with Crippen LogP contribution in [0.25, 0.3) is 0 Å². The number of carbonyl (C=O) groups is 1. The second-order valence-electron chi connectivity index (χ2n) is 5.07. The van der Waals surface area contributed by atoms with Crippen LogP contribution in [-0.2, 0) is 4.79 Å². The first-order valence-electron chi connectivity index (χ1n) is 5.72. The zero-order valence-electron chi connectivity index (χ0n) is 9.51. The summed E-state index contributed by atoms with van der Waals surface area (Å²) in [6.45, 7) is 6.26. The molecule has 1 aliphatic rings. The molecule has 0 bridgehead atoms. The summed E-state index contributed by atoms with van der Waals surface area (Å²) in [6, 6.07) is 0. The molecule has 2 heteroatoms. The van der Waals surface area contributed by atoms with Crippen LogP contribution in [0, 0.1) is 17.3 Å². The number of aliphatic carboxylic acids is 1. The molecular weight excluding hydrogens is 176 g/mol. The summed E-state index contributed by atoms with van der Waals surface area (Å²) in [7, 11) is 0. The highest BCUT2D eigenvalue weighted by Crippen LogP contribution is 2.60. The van der Waals surface area contributed by atoms with Gasteiger partial charge in [-0.05, 0) is 17.8 Å².